The van der Waals surface area contributed by atoms with Crippen LogP contribution in [0.3, 0.4) is 0 Å². The van der Waals surface area contributed by atoms with Gasteiger partial charge in [-0.25, -0.2) is 0 Å². The topological polar surface area (TPSA) is 0 Å². The Morgan fingerprint density at radius 3 is 2.73 bits per heavy atom. The molecule has 0 nitrogen and oxygen atoms in total. The zero-order valence-electron chi connectivity index (χ0n) is 6.29. The molecule has 0 bridgehead atoms. The molecule has 0 fully saturated rings. The van der Waals surface area contributed by atoms with Gasteiger partial charge >= 0.3 is 0 Å². The number of thioether (sulfide) groups is 1. The number of rotatable bonds is 0. The van der Waals surface area contributed by atoms with Crippen LogP contribution in [-0.4, -0.2) is 5.75 Å². The largest absolute Gasteiger partial charge is 0.122 e. The second kappa shape index (κ2) is 3.14. The van der Waals surface area contributed by atoms with Crippen LogP contribution in [0.15, 0.2) is 46.9 Å². The van der Waals surface area contributed by atoms with Crippen LogP contribution >= 0.6 is 11.8 Å². The third-order valence-electron chi connectivity index (χ3n) is 1.80. The molecule has 1 heteroatoms. The van der Waals surface area contributed by atoms with Gasteiger partial charge in [-0.15, -0.1) is 11.8 Å². The van der Waals surface area contributed by atoms with E-state index in [1.807, 2.05) is 11.8 Å². The van der Waals surface area contributed by atoms with Crippen LogP contribution in [0.2, 0.25) is 0 Å². The zero-order valence-corrected chi connectivity index (χ0v) is 7.10. The Labute approximate surface area is 71.4 Å². The molecule has 1 heterocycles. The highest BCUT2D eigenvalue weighted by atomic mass is 32.2. The average Bonchev–Trinajstić information content (AvgIpc) is 2.58. The molecule has 0 aromatic heterocycles. The van der Waals surface area contributed by atoms with Gasteiger partial charge in [-0.05, 0) is 12.0 Å². The fraction of sp³-hybridized carbons (Fsp3) is 0.200. The summed E-state index contributed by atoms with van der Waals surface area (Å²) in [6.07, 6.45) is 14.2. The predicted molar refractivity (Wildman–Crippen MR) is 51.5 cm³/mol. The molecule has 0 spiro atoms. The van der Waals surface area contributed by atoms with Gasteiger partial charge in [0.05, 0.1) is 0 Å². The summed E-state index contributed by atoms with van der Waals surface area (Å²) >= 11 is 1.93. The second-order valence-corrected chi connectivity index (χ2v) is 3.66. The van der Waals surface area contributed by atoms with Gasteiger partial charge < -0.3 is 0 Å². The Morgan fingerprint density at radius 2 is 2.09 bits per heavy atom. The highest BCUT2D eigenvalue weighted by Crippen LogP contribution is 2.30. The smallest absolute Gasteiger partial charge is 0.0164 e. The summed E-state index contributed by atoms with van der Waals surface area (Å²) in [5.74, 6) is 1.15. The molecule has 0 saturated heterocycles. The van der Waals surface area contributed by atoms with Crippen molar-refractivity contribution >= 4 is 11.8 Å². The summed E-state index contributed by atoms with van der Waals surface area (Å²) in [6.45, 7) is 0. The molecular weight excluding hydrogens is 152 g/mol. The maximum atomic E-state index is 2.23. The molecule has 11 heavy (non-hydrogen) atoms. The maximum absolute atomic E-state index is 2.23. The Morgan fingerprint density at radius 1 is 1.09 bits per heavy atom. The third-order valence-corrected chi connectivity index (χ3v) is 2.87. The fourth-order valence-corrected chi connectivity index (χ4v) is 2.14. The minimum Gasteiger partial charge on any atom is -0.122 e. The Kier molecular flexibility index (Phi) is 1.99. The monoisotopic (exact) mass is 162 g/mol. The Bertz CT molecular complexity index is 267. The molecule has 56 valence electrons. The fourth-order valence-electron chi connectivity index (χ4n) is 1.24. The van der Waals surface area contributed by atoms with Crippen molar-refractivity contribution in [1.29, 1.82) is 0 Å². The van der Waals surface area contributed by atoms with Gasteiger partial charge in [0.2, 0.25) is 0 Å². The van der Waals surface area contributed by atoms with Gasteiger partial charge in [-0.2, -0.15) is 0 Å². The van der Waals surface area contributed by atoms with Crippen LogP contribution in [0.4, 0.5) is 0 Å². The van der Waals surface area contributed by atoms with E-state index in [0.717, 1.165) is 12.2 Å². The summed E-state index contributed by atoms with van der Waals surface area (Å²) in [6, 6.07) is 0. The van der Waals surface area contributed by atoms with Crippen LogP contribution in [0.5, 0.6) is 0 Å². The molecule has 2 aliphatic rings. The Balaban J connectivity index is 2.26. The molecule has 0 saturated carbocycles. The van der Waals surface area contributed by atoms with Crippen molar-refractivity contribution in [3.8, 4) is 0 Å². The number of hydrogen-bond donors (Lipinski definition) is 0. The highest BCUT2D eigenvalue weighted by molar-refractivity contribution is 8.03. The first kappa shape index (κ1) is 6.99. The average molecular weight is 162 g/mol. The molecule has 0 atom stereocenters. The molecule has 0 N–H and O–H groups in total. The lowest BCUT2D eigenvalue weighted by atomic mass is 10.1. The van der Waals surface area contributed by atoms with Crippen molar-refractivity contribution in [3.05, 3.63) is 46.9 Å². The van der Waals surface area contributed by atoms with Crippen molar-refractivity contribution in [2.45, 2.75) is 6.42 Å². The normalized spacial score (nSPS) is 28.4. The first-order valence-corrected chi connectivity index (χ1v) is 4.81. The SMILES string of the molecule is C1=CCC(=C2C=CCS2)C=C1. The zero-order chi connectivity index (χ0) is 7.52. The van der Waals surface area contributed by atoms with Gasteiger partial charge in [-0.1, -0.05) is 36.5 Å². The van der Waals surface area contributed by atoms with Crippen molar-refractivity contribution in [3.63, 3.8) is 0 Å². The van der Waals surface area contributed by atoms with Crippen molar-refractivity contribution < 1.29 is 0 Å². The molecule has 2 rings (SSSR count). The summed E-state index contributed by atoms with van der Waals surface area (Å²) < 4.78 is 0. The van der Waals surface area contributed by atoms with Crippen LogP contribution < -0.4 is 0 Å². The first-order chi connectivity index (χ1) is 5.47. The van der Waals surface area contributed by atoms with E-state index in [-0.39, 0.29) is 0 Å². The lowest BCUT2D eigenvalue weighted by molar-refractivity contribution is 1.26. The summed E-state index contributed by atoms with van der Waals surface area (Å²) in [7, 11) is 0. The standard InChI is InChI=1S/C10H10S/c1-2-5-9(6-3-1)10-7-4-8-11-10/h1-5,7H,6,8H2. The van der Waals surface area contributed by atoms with E-state index in [1.54, 1.807) is 0 Å². The molecule has 1 aliphatic heterocycles. The van der Waals surface area contributed by atoms with E-state index in [2.05, 4.69) is 36.5 Å². The first-order valence-electron chi connectivity index (χ1n) is 3.82. The second-order valence-electron chi connectivity index (χ2n) is 2.59. The van der Waals surface area contributed by atoms with Crippen LogP contribution in [0.25, 0.3) is 0 Å². The van der Waals surface area contributed by atoms with Crippen molar-refractivity contribution in [1.82, 2.24) is 0 Å². The van der Waals surface area contributed by atoms with Crippen LogP contribution in [-0.2, 0) is 0 Å². The maximum Gasteiger partial charge on any atom is 0.0164 e. The molecular formula is C10H10S. The number of allylic oxidation sites excluding steroid dienone is 6. The lowest BCUT2D eigenvalue weighted by Gasteiger charge is -2.04. The summed E-state index contributed by atoms with van der Waals surface area (Å²) in [4.78, 5) is 1.45. The summed E-state index contributed by atoms with van der Waals surface area (Å²) in [5, 5.41) is 0. The highest BCUT2D eigenvalue weighted by Gasteiger charge is 2.05. The van der Waals surface area contributed by atoms with E-state index >= 15 is 0 Å². The van der Waals surface area contributed by atoms with E-state index in [0.29, 0.717) is 0 Å². The molecule has 0 aromatic carbocycles. The molecule has 1 aliphatic carbocycles. The van der Waals surface area contributed by atoms with Crippen LogP contribution in [0.1, 0.15) is 6.42 Å². The van der Waals surface area contributed by atoms with Gasteiger partial charge in [0, 0.05) is 10.7 Å². The van der Waals surface area contributed by atoms with Crippen LogP contribution in [0, 0.1) is 0 Å². The summed E-state index contributed by atoms with van der Waals surface area (Å²) in [5.41, 5.74) is 1.46. The van der Waals surface area contributed by atoms with Gasteiger partial charge in [0.15, 0.2) is 0 Å². The van der Waals surface area contributed by atoms with Crippen molar-refractivity contribution in [2.24, 2.45) is 0 Å². The minimum atomic E-state index is 1.10. The minimum absolute atomic E-state index is 1.10. The molecule has 0 radical (unpaired) electrons. The number of hydrogen-bond acceptors (Lipinski definition) is 1. The van der Waals surface area contributed by atoms with E-state index < -0.39 is 0 Å². The van der Waals surface area contributed by atoms with E-state index in [9.17, 15) is 0 Å². The molecule has 0 unspecified atom stereocenters. The van der Waals surface area contributed by atoms with E-state index in [1.165, 1.54) is 10.5 Å². The van der Waals surface area contributed by atoms with Gasteiger partial charge in [0.1, 0.15) is 0 Å². The van der Waals surface area contributed by atoms with Gasteiger partial charge in [-0.3, -0.25) is 0 Å². The van der Waals surface area contributed by atoms with Gasteiger partial charge in [0.25, 0.3) is 0 Å². The van der Waals surface area contributed by atoms with E-state index in [4.69, 9.17) is 0 Å². The van der Waals surface area contributed by atoms with Crippen molar-refractivity contribution in [2.75, 3.05) is 5.75 Å². The molecule has 0 aromatic rings. The Hall–Kier alpha value is -0.690. The lowest BCUT2D eigenvalue weighted by Crippen LogP contribution is -1.83. The quantitative estimate of drug-likeness (QED) is 0.527. The molecule has 0 amide bonds. The predicted octanol–water partition coefficient (Wildman–Crippen LogP) is 3.06. The third kappa shape index (κ3) is 1.48.